The van der Waals surface area contributed by atoms with Crippen LogP contribution in [0.4, 0.5) is 0 Å². The number of halogens is 1. The van der Waals surface area contributed by atoms with E-state index in [4.69, 9.17) is 11.6 Å². The molecular weight excluding hydrogens is 228 g/mol. The second-order valence-electron chi connectivity index (χ2n) is 2.96. The molecule has 1 aromatic carbocycles. The van der Waals surface area contributed by atoms with Crippen molar-refractivity contribution in [3.05, 3.63) is 47.0 Å². The summed E-state index contributed by atoms with van der Waals surface area (Å²) in [5, 5.41) is 0.561. The van der Waals surface area contributed by atoms with Crippen LogP contribution < -0.4 is 0 Å². The van der Waals surface area contributed by atoms with E-state index in [1.807, 2.05) is 0 Å². The first kappa shape index (κ1) is 12.5. The smallest absolute Gasteiger partial charge is 0.330 e. The fraction of sp³-hybridized carbons (Fsp3) is 0.167. The fourth-order valence-corrected chi connectivity index (χ4v) is 1.17. The summed E-state index contributed by atoms with van der Waals surface area (Å²) in [5.41, 5.74) is 0.477. The van der Waals surface area contributed by atoms with Crippen LogP contribution in [0.25, 0.3) is 0 Å². The normalized spacial score (nSPS) is 10.4. The molecule has 84 valence electrons. The number of hydrogen-bond donors (Lipinski definition) is 0. The molecule has 0 heterocycles. The van der Waals surface area contributed by atoms with Crippen LogP contribution in [0.15, 0.2) is 36.4 Å². The molecule has 0 amide bonds. The zero-order valence-electron chi connectivity index (χ0n) is 8.77. The van der Waals surface area contributed by atoms with Crippen LogP contribution in [0.2, 0.25) is 5.02 Å². The van der Waals surface area contributed by atoms with Gasteiger partial charge in [-0.3, -0.25) is 4.79 Å². The third-order valence-corrected chi connectivity index (χ3v) is 2.04. The predicted octanol–water partition coefficient (Wildman–Crippen LogP) is 2.64. The number of rotatable bonds is 4. The Kier molecular flexibility index (Phi) is 4.73. The van der Waals surface area contributed by atoms with Gasteiger partial charge in [0.2, 0.25) is 0 Å². The van der Waals surface area contributed by atoms with E-state index in [2.05, 4.69) is 4.74 Å². The number of esters is 1. The maximum Gasteiger partial charge on any atom is 0.330 e. The van der Waals surface area contributed by atoms with Crippen LogP contribution in [0.5, 0.6) is 0 Å². The molecule has 0 fully saturated rings. The number of ketones is 1. The molecule has 0 saturated carbocycles. The predicted molar refractivity (Wildman–Crippen MR) is 61.6 cm³/mol. The molecule has 0 radical (unpaired) electrons. The topological polar surface area (TPSA) is 43.4 Å². The average Bonchev–Trinajstić information content (AvgIpc) is 2.27. The van der Waals surface area contributed by atoms with E-state index >= 15 is 0 Å². The quantitative estimate of drug-likeness (QED) is 0.460. The average molecular weight is 239 g/mol. The summed E-state index contributed by atoms with van der Waals surface area (Å²) in [6.07, 6.45) is 2.29. The molecule has 1 aromatic rings. The Morgan fingerprint density at radius 2 is 1.88 bits per heavy atom. The lowest BCUT2D eigenvalue weighted by molar-refractivity contribution is -0.137. The van der Waals surface area contributed by atoms with Gasteiger partial charge in [-0.2, -0.15) is 0 Å². The first-order chi connectivity index (χ1) is 7.63. The second-order valence-corrected chi connectivity index (χ2v) is 3.39. The van der Waals surface area contributed by atoms with Crippen LogP contribution >= 0.6 is 11.6 Å². The molecule has 0 saturated heterocycles. The third-order valence-electron chi connectivity index (χ3n) is 1.79. The molecule has 0 bridgehead atoms. The van der Waals surface area contributed by atoms with Crippen LogP contribution in [0, 0.1) is 0 Å². The standard InChI is InChI=1S/C12H11ClO3/c1-2-16-12(15)8-7-11(14)9-3-5-10(13)6-4-9/h3-8H,2H2,1H3. The van der Waals surface area contributed by atoms with Gasteiger partial charge in [0.25, 0.3) is 0 Å². The van der Waals surface area contributed by atoms with Crippen molar-refractivity contribution in [3.8, 4) is 0 Å². The van der Waals surface area contributed by atoms with E-state index in [0.717, 1.165) is 6.08 Å². The lowest BCUT2D eigenvalue weighted by atomic mass is 10.1. The number of benzene rings is 1. The number of allylic oxidation sites excluding steroid dienone is 1. The molecule has 4 heteroatoms. The molecule has 0 atom stereocenters. The van der Waals surface area contributed by atoms with E-state index in [0.29, 0.717) is 10.6 Å². The maximum absolute atomic E-state index is 11.5. The zero-order valence-corrected chi connectivity index (χ0v) is 9.53. The highest BCUT2D eigenvalue weighted by molar-refractivity contribution is 6.30. The molecule has 0 aliphatic heterocycles. The van der Waals surface area contributed by atoms with Gasteiger partial charge in [0.05, 0.1) is 6.61 Å². The van der Waals surface area contributed by atoms with Crippen molar-refractivity contribution in [1.29, 1.82) is 0 Å². The van der Waals surface area contributed by atoms with Gasteiger partial charge < -0.3 is 4.74 Å². The first-order valence-electron chi connectivity index (χ1n) is 4.78. The molecule has 16 heavy (non-hydrogen) atoms. The van der Waals surface area contributed by atoms with Crippen molar-refractivity contribution in [2.24, 2.45) is 0 Å². The summed E-state index contributed by atoms with van der Waals surface area (Å²) in [5.74, 6) is -0.783. The highest BCUT2D eigenvalue weighted by Crippen LogP contribution is 2.10. The van der Waals surface area contributed by atoms with Gasteiger partial charge in [0, 0.05) is 16.7 Å². The van der Waals surface area contributed by atoms with Gasteiger partial charge in [-0.25, -0.2) is 4.79 Å². The Hall–Kier alpha value is -1.61. The molecular formula is C12H11ClO3. The Labute approximate surface area is 98.7 Å². The van der Waals surface area contributed by atoms with Crippen LogP contribution in [0.3, 0.4) is 0 Å². The second kappa shape index (κ2) is 6.08. The monoisotopic (exact) mass is 238 g/mol. The molecule has 3 nitrogen and oxygen atoms in total. The van der Waals surface area contributed by atoms with Gasteiger partial charge in [0.1, 0.15) is 0 Å². The third kappa shape index (κ3) is 3.87. The van der Waals surface area contributed by atoms with Crippen molar-refractivity contribution < 1.29 is 14.3 Å². The molecule has 0 N–H and O–H groups in total. The lowest BCUT2D eigenvalue weighted by Gasteiger charge is -1.96. The Morgan fingerprint density at radius 1 is 1.25 bits per heavy atom. The van der Waals surface area contributed by atoms with Gasteiger partial charge in [-0.1, -0.05) is 11.6 Å². The molecule has 0 aromatic heterocycles. The van der Waals surface area contributed by atoms with Gasteiger partial charge in [0.15, 0.2) is 5.78 Å². The lowest BCUT2D eigenvalue weighted by Crippen LogP contribution is -2.01. The van der Waals surface area contributed by atoms with Gasteiger partial charge in [-0.05, 0) is 37.3 Å². The minimum absolute atomic E-state index is 0.260. The maximum atomic E-state index is 11.5. The summed E-state index contributed by atoms with van der Waals surface area (Å²) >= 11 is 5.68. The van der Waals surface area contributed by atoms with E-state index in [1.165, 1.54) is 6.08 Å². The number of ether oxygens (including phenoxy) is 1. The summed E-state index contributed by atoms with van der Waals surface area (Å²) in [7, 11) is 0. The minimum Gasteiger partial charge on any atom is -0.463 e. The molecule has 0 aliphatic carbocycles. The van der Waals surface area contributed by atoms with Crippen molar-refractivity contribution in [2.45, 2.75) is 6.92 Å². The number of carbonyl (C=O) groups excluding carboxylic acids is 2. The van der Waals surface area contributed by atoms with Crippen LogP contribution in [-0.2, 0) is 9.53 Å². The van der Waals surface area contributed by atoms with Crippen LogP contribution in [-0.4, -0.2) is 18.4 Å². The highest BCUT2D eigenvalue weighted by Gasteiger charge is 2.02. The van der Waals surface area contributed by atoms with Crippen molar-refractivity contribution in [3.63, 3.8) is 0 Å². The summed E-state index contributed by atoms with van der Waals surface area (Å²) in [6, 6.07) is 6.43. The van der Waals surface area contributed by atoms with Gasteiger partial charge in [-0.15, -0.1) is 0 Å². The fourth-order valence-electron chi connectivity index (χ4n) is 1.04. The number of hydrogen-bond acceptors (Lipinski definition) is 3. The summed E-state index contributed by atoms with van der Waals surface area (Å²) in [4.78, 5) is 22.5. The number of carbonyl (C=O) groups is 2. The van der Waals surface area contributed by atoms with Crippen molar-refractivity contribution in [1.82, 2.24) is 0 Å². The molecule has 0 aliphatic rings. The first-order valence-corrected chi connectivity index (χ1v) is 5.16. The molecule has 1 rings (SSSR count). The Balaban J connectivity index is 2.65. The Bertz CT molecular complexity index is 407. The van der Waals surface area contributed by atoms with Crippen molar-refractivity contribution >= 4 is 23.4 Å². The molecule has 0 unspecified atom stereocenters. The highest BCUT2D eigenvalue weighted by atomic mass is 35.5. The Morgan fingerprint density at radius 3 is 2.44 bits per heavy atom. The van der Waals surface area contributed by atoms with Crippen molar-refractivity contribution in [2.75, 3.05) is 6.61 Å². The zero-order chi connectivity index (χ0) is 12.0. The summed E-state index contributed by atoms with van der Waals surface area (Å²) < 4.78 is 4.65. The van der Waals surface area contributed by atoms with E-state index in [-0.39, 0.29) is 12.4 Å². The van der Waals surface area contributed by atoms with Gasteiger partial charge >= 0.3 is 5.97 Å². The van der Waals surface area contributed by atoms with Crippen LogP contribution in [0.1, 0.15) is 17.3 Å². The summed E-state index contributed by atoms with van der Waals surface area (Å²) in [6.45, 7) is 1.99. The van der Waals surface area contributed by atoms with E-state index in [1.54, 1.807) is 31.2 Å². The van der Waals surface area contributed by atoms with E-state index in [9.17, 15) is 9.59 Å². The largest absolute Gasteiger partial charge is 0.463 e. The minimum atomic E-state index is -0.523. The SMILES string of the molecule is CCOC(=O)C=CC(=O)c1ccc(Cl)cc1. The molecule has 0 spiro atoms. The van der Waals surface area contributed by atoms with E-state index < -0.39 is 5.97 Å².